The van der Waals surface area contributed by atoms with Gasteiger partial charge in [-0.1, -0.05) is 79.2 Å². The van der Waals surface area contributed by atoms with Crippen molar-refractivity contribution in [2.45, 2.75) is 38.0 Å². The van der Waals surface area contributed by atoms with Gasteiger partial charge in [0.1, 0.15) is 11.2 Å². The average molecular weight is 413 g/mol. The van der Waals surface area contributed by atoms with Gasteiger partial charge in [-0.15, -0.1) is 0 Å². The van der Waals surface area contributed by atoms with E-state index >= 15 is 0 Å². The van der Waals surface area contributed by atoms with Crippen LogP contribution in [0.3, 0.4) is 0 Å². The Morgan fingerprint density at radius 2 is 1.59 bits per heavy atom. The number of hydrogen-bond donors (Lipinski definition) is 1. The Kier molecular flexibility index (Phi) is 5.85. The maximum absolute atomic E-state index is 11.8. The molecule has 1 aliphatic heterocycles. The molecular weight excluding hydrogens is 388 g/mol. The number of benzene rings is 2. The molecule has 0 amide bonds. The minimum absolute atomic E-state index is 0. The van der Waals surface area contributed by atoms with E-state index < -0.39 is 11.2 Å². The lowest BCUT2D eigenvalue weighted by molar-refractivity contribution is -0.192. The van der Waals surface area contributed by atoms with Crippen molar-refractivity contribution in [3.05, 3.63) is 101 Å². The first-order valence-electron chi connectivity index (χ1n) is 9.42. The standard InChI is InChI=1S/C23H23ClN2O2.H2O/c1-3-22(27)23(18-10-6-4-7-11-18,19-12-8-5-9-13-19)21(24)20(28-22)16-26-15-17(2)14-25-26;/h4-15,27H,3,16H2,1-2H3;1H2. The van der Waals surface area contributed by atoms with Crippen molar-refractivity contribution < 1.29 is 15.3 Å². The van der Waals surface area contributed by atoms with Crippen molar-refractivity contribution in [3.63, 3.8) is 0 Å². The van der Waals surface area contributed by atoms with Gasteiger partial charge in [-0.2, -0.15) is 5.10 Å². The van der Waals surface area contributed by atoms with E-state index in [0.717, 1.165) is 16.7 Å². The van der Waals surface area contributed by atoms with Crippen molar-refractivity contribution in [2.75, 3.05) is 0 Å². The van der Waals surface area contributed by atoms with Gasteiger partial charge in [-0.05, 0) is 23.6 Å². The molecule has 2 heterocycles. The highest BCUT2D eigenvalue weighted by atomic mass is 35.5. The van der Waals surface area contributed by atoms with Crippen molar-refractivity contribution in [2.24, 2.45) is 0 Å². The number of halogens is 1. The van der Waals surface area contributed by atoms with Gasteiger partial charge in [0, 0.05) is 12.6 Å². The Hall–Kier alpha value is -2.60. The summed E-state index contributed by atoms with van der Waals surface area (Å²) in [4.78, 5) is 0. The maximum atomic E-state index is 11.8. The molecule has 152 valence electrons. The molecule has 0 saturated heterocycles. The summed E-state index contributed by atoms with van der Waals surface area (Å²) in [6, 6.07) is 19.7. The first-order valence-corrected chi connectivity index (χ1v) is 9.79. The molecule has 0 bridgehead atoms. The number of ether oxygens (including phenoxy) is 1. The molecule has 4 rings (SSSR count). The number of allylic oxidation sites excluding steroid dienone is 1. The third kappa shape index (κ3) is 3.25. The predicted octanol–water partition coefficient (Wildman–Crippen LogP) is 3.93. The van der Waals surface area contributed by atoms with E-state index in [2.05, 4.69) is 5.10 Å². The molecule has 0 aliphatic carbocycles. The summed E-state index contributed by atoms with van der Waals surface area (Å²) in [6.45, 7) is 4.25. The van der Waals surface area contributed by atoms with E-state index in [4.69, 9.17) is 16.3 Å². The average Bonchev–Trinajstić information content (AvgIpc) is 3.23. The summed E-state index contributed by atoms with van der Waals surface area (Å²) in [5.74, 6) is -0.980. The van der Waals surface area contributed by atoms with Crippen LogP contribution in [-0.4, -0.2) is 26.2 Å². The fraction of sp³-hybridized carbons (Fsp3) is 0.261. The minimum Gasteiger partial charge on any atom is -0.462 e. The Morgan fingerprint density at radius 1 is 1.03 bits per heavy atom. The number of hydrogen-bond acceptors (Lipinski definition) is 3. The van der Waals surface area contributed by atoms with Crippen molar-refractivity contribution in [1.29, 1.82) is 0 Å². The van der Waals surface area contributed by atoms with Crippen LogP contribution in [0.15, 0.2) is 83.8 Å². The zero-order chi connectivity index (χ0) is 19.8. The van der Waals surface area contributed by atoms with Crippen LogP contribution < -0.4 is 0 Å². The summed E-state index contributed by atoms with van der Waals surface area (Å²) >= 11 is 7.04. The van der Waals surface area contributed by atoms with Crippen LogP contribution in [0.25, 0.3) is 0 Å². The molecular formula is C23H25ClN2O3. The summed E-state index contributed by atoms with van der Waals surface area (Å²) in [5, 5.41) is 16.6. The van der Waals surface area contributed by atoms with E-state index in [9.17, 15) is 5.11 Å². The number of aryl methyl sites for hydroxylation is 1. The molecule has 0 saturated carbocycles. The third-order valence-corrected chi connectivity index (χ3v) is 5.91. The summed E-state index contributed by atoms with van der Waals surface area (Å²) < 4.78 is 7.96. The van der Waals surface area contributed by atoms with Crippen LogP contribution >= 0.6 is 11.6 Å². The Morgan fingerprint density at radius 3 is 2.03 bits per heavy atom. The molecule has 1 atom stereocenters. The molecule has 1 aliphatic rings. The molecule has 0 fully saturated rings. The van der Waals surface area contributed by atoms with Crippen LogP contribution in [0.5, 0.6) is 0 Å². The molecule has 1 aromatic heterocycles. The molecule has 0 radical (unpaired) electrons. The Labute approximate surface area is 175 Å². The fourth-order valence-corrected chi connectivity index (χ4v) is 4.56. The van der Waals surface area contributed by atoms with Crippen LogP contribution in [-0.2, 0) is 16.7 Å². The van der Waals surface area contributed by atoms with Gasteiger partial charge in [0.15, 0.2) is 0 Å². The molecule has 2 aromatic carbocycles. The van der Waals surface area contributed by atoms with Gasteiger partial charge in [0.2, 0.25) is 5.79 Å². The lowest BCUT2D eigenvalue weighted by Gasteiger charge is -2.41. The van der Waals surface area contributed by atoms with Gasteiger partial charge in [0.25, 0.3) is 0 Å². The van der Waals surface area contributed by atoms with E-state index in [1.807, 2.05) is 80.7 Å². The predicted molar refractivity (Wildman–Crippen MR) is 113 cm³/mol. The lowest BCUT2D eigenvalue weighted by atomic mass is 9.68. The largest absolute Gasteiger partial charge is 0.462 e. The molecule has 29 heavy (non-hydrogen) atoms. The minimum atomic E-state index is -1.51. The van der Waals surface area contributed by atoms with Crippen LogP contribution in [0.4, 0.5) is 0 Å². The molecule has 6 heteroatoms. The number of aliphatic hydroxyl groups is 1. The summed E-state index contributed by atoms with van der Waals surface area (Å²) in [6.07, 6.45) is 4.09. The second kappa shape index (κ2) is 8.03. The van der Waals surface area contributed by atoms with E-state index in [-0.39, 0.29) is 5.48 Å². The number of rotatable bonds is 5. The fourth-order valence-electron chi connectivity index (χ4n) is 4.09. The van der Waals surface area contributed by atoms with Gasteiger partial charge >= 0.3 is 0 Å². The highest BCUT2D eigenvalue weighted by Crippen LogP contribution is 2.57. The first-order chi connectivity index (χ1) is 13.5. The lowest BCUT2D eigenvalue weighted by Crippen LogP contribution is -2.50. The number of aromatic nitrogens is 2. The van der Waals surface area contributed by atoms with Crippen molar-refractivity contribution in [3.8, 4) is 0 Å². The highest BCUT2D eigenvalue weighted by molar-refractivity contribution is 6.32. The van der Waals surface area contributed by atoms with E-state index in [1.54, 1.807) is 10.9 Å². The van der Waals surface area contributed by atoms with Gasteiger partial charge < -0.3 is 15.3 Å². The van der Waals surface area contributed by atoms with Crippen LogP contribution in [0, 0.1) is 6.92 Å². The Bertz CT molecular complexity index is 962. The van der Waals surface area contributed by atoms with Crippen molar-refractivity contribution >= 4 is 11.6 Å². The third-order valence-electron chi connectivity index (χ3n) is 5.41. The molecule has 3 N–H and O–H groups in total. The highest BCUT2D eigenvalue weighted by Gasteiger charge is 2.61. The molecule has 0 spiro atoms. The van der Waals surface area contributed by atoms with E-state index in [1.165, 1.54) is 0 Å². The summed E-state index contributed by atoms with van der Waals surface area (Å²) in [5.41, 5.74) is 1.82. The smallest absolute Gasteiger partial charge is 0.226 e. The number of nitrogens with zero attached hydrogens (tertiary/aromatic N) is 2. The first kappa shape index (κ1) is 21.1. The Balaban J connectivity index is 0.00000240. The van der Waals surface area contributed by atoms with Crippen LogP contribution in [0.1, 0.15) is 30.0 Å². The SMILES string of the molecule is CCC1(O)OC(Cn2cc(C)cn2)=C(Cl)C1(c1ccccc1)c1ccccc1.O. The zero-order valence-electron chi connectivity index (χ0n) is 16.5. The van der Waals surface area contributed by atoms with Gasteiger partial charge in [-0.25, -0.2) is 0 Å². The van der Waals surface area contributed by atoms with Gasteiger partial charge in [-0.3, -0.25) is 4.68 Å². The second-order valence-corrected chi connectivity index (χ2v) is 7.55. The van der Waals surface area contributed by atoms with E-state index in [0.29, 0.717) is 23.8 Å². The normalized spacial score (nSPS) is 20.3. The van der Waals surface area contributed by atoms with Crippen molar-refractivity contribution in [1.82, 2.24) is 9.78 Å². The topological polar surface area (TPSA) is 78.8 Å². The quantitative estimate of drug-likeness (QED) is 0.689. The van der Waals surface area contributed by atoms with Crippen LogP contribution in [0.2, 0.25) is 0 Å². The zero-order valence-corrected chi connectivity index (χ0v) is 17.2. The van der Waals surface area contributed by atoms with Gasteiger partial charge in [0.05, 0.1) is 17.8 Å². The summed E-state index contributed by atoms with van der Waals surface area (Å²) in [7, 11) is 0. The monoisotopic (exact) mass is 412 g/mol. The molecule has 3 aromatic rings. The molecule has 5 nitrogen and oxygen atoms in total. The molecule has 1 unspecified atom stereocenters. The second-order valence-electron chi connectivity index (χ2n) is 7.17. The maximum Gasteiger partial charge on any atom is 0.226 e.